The lowest BCUT2D eigenvalue weighted by atomic mass is 10.3. The summed E-state index contributed by atoms with van der Waals surface area (Å²) in [5, 5.41) is 10.1. The van der Waals surface area contributed by atoms with Crippen molar-refractivity contribution in [3.63, 3.8) is 0 Å². The second-order valence-electron chi connectivity index (χ2n) is 5.66. The summed E-state index contributed by atoms with van der Waals surface area (Å²) in [7, 11) is 1.81. The van der Waals surface area contributed by atoms with Gasteiger partial charge in [-0.3, -0.25) is 10.00 Å². The Balaban J connectivity index is 1.54. The van der Waals surface area contributed by atoms with Gasteiger partial charge < -0.3 is 10.2 Å². The highest BCUT2D eigenvalue weighted by atomic mass is 16.2. The van der Waals surface area contributed by atoms with E-state index in [1.54, 1.807) is 4.68 Å². The number of rotatable bonds is 3. The second kappa shape index (κ2) is 6.09. The molecule has 6 nitrogen and oxygen atoms in total. The summed E-state index contributed by atoms with van der Waals surface area (Å²) in [6.45, 7) is 3.69. The van der Waals surface area contributed by atoms with Gasteiger partial charge in [-0.2, -0.15) is 5.10 Å². The normalized spacial score (nSPS) is 17.5. The molecule has 2 N–H and O–H groups in total. The minimum atomic E-state index is -0.178. The molecule has 1 aliphatic rings. The van der Waals surface area contributed by atoms with Crippen molar-refractivity contribution >= 4 is 17.5 Å². The van der Waals surface area contributed by atoms with Crippen molar-refractivity contribution in [2.45, 2.75) is 19.4 Å². The number of anilines is 2. The molecule has 2 amide bonds. The van der Waals surface area contributed by atoms with Crippen molar-refractivity contribution in [1.29, 1.82) is 0 Å². The maximum absolute atomic E-state index is 12.1. The molecule has 1 saturated heterocycles. The van der Waals surface area contributed by atoms with Gasteiger partial charge in [0.1, 0.15) is 5.82 Å². The predicted molar refractivity (Wildman–Crippen MR) is 87.2 cm³/mol. The Morgan fingerprint density at radius 3 is 2.77 bits per heavy atom. The van der Waals surface area contributed by atoms with E-state index >= 15 is 0 Å². The molecule has 22 heavy (non-hydrogen) atoms. The Hall–Kier alpha value is -2.50. The molecule has 0 saturated carbocycles. The fourth-order valence-electron chi connectivity index (χ4n) is 2.82. The third kappa shape index (κ3) is 3.21. The third-order valence-electron chi connectivity index (χ3n) is 3.89. The van der Waals surface area contributed by atoms with E-state index in [2.05, 4.69) is 32.8 Å². The Morgan fingerprint density at radius 2 is 2.09 bits per heavy atom. The molecule has 2 heterocycles. The Bertz CT molecular complexity index is 652. The average Bonchev–Trinajstić information content (AvgIpc) is 3.07. The Kier molecular flexibility index (Phi) is 4.00. The number of benzene rings is 1. The van der Waals surface area contributed by atoms with Gasteiger partial charge in [-0.25, -0.2) is 4.79 Å². The molecule has 116 valence electrons. The fraction of sp³-hybridized carbons (Fsp3) is 0.375. The number of carbonyl (C=O) groups excluding carboxylic acids is 1. The zero-order chi connectivity index (χ0) is 15.5. The SMILES string of the molecule is Cc1cc(NC(=O)N[C@@H]2CCN(c3ccccc3)C2)n(C)n1. The van der Waals surface area contributed by atoms with Crippen LogP contribution in [0.4, 0.5) is 16.3 Å². The van der Waals surface area contributed by atoms with E-state index in [0.717, 1.165) is 25.2 Å². The molecule has 0 bridgehead atoms. The van der Waals surface area contributed by atoms with Gasteiger partial charge in [-0.1, -0.05) is 18.2 Å². The number of nitrogens with zero attached hydrogens (tertiary/aromatic N) is 3. The van der Waals surface area contributed by atoms with Crippen molar-refractivity contribution < 1.29 is 4.79 Å². The number of amides is 2. The van der Waals surface area contributed by atoms with E-state index in [4.69, 9.17) is 0 Å². The van der Waals surface area contributed by atoms with Gasteiger partial charge >= 0.3 is 6.03 Å². The van der Waals surface area contributed by atoms with Crippen LogP contribution in [0.1, 0.15) is 12.1 Å². The minimum Gasteiger partial charge on any atom is -0.369 e. The molecule has 0 spiro atoms. The lowest BCUT2D eigenvalue weighted by Crippen LogP contribution is -2.40. The number of nitrogens with one attached hydrogen (secondary N) is 2. The molecule has 1 fully saturated rings. The predicted octanol–water partition coefficient (Wildman–Crippen LogP) is 2.13. The van der Waals surface area contributed by atoms with Crippen LogP contribution in [0.25, 0.3) is 0 Å². The molecule has 3 rings (SSSR count). The zero-order valence-corrected chi connectivity index (χ0v) is 12.9. The summed E-state index contributed by atoms with van der Waals surface area (Å²) in [6, 6.07) is 12.1. The monoisotopic (exact) mass is 299 g/mol. The van der Waals surface area contributed by atoms with Gasteiger partial charge in [0.15, 0.2) is 0 Å². The van der Waals surface area contributed by atoms with E-state index in [0.29, 0.717) is 5.82 Å². The van der Waals surface area contributed by atoms with E-state index in [9.17, 15) is 4.79 Å². The van der Waals surface area contributed by atoms with Crippen molar-refractivity contribution in [2.75, 3.05) is 23.3 Å². The number of para-hydroxylation sites is 1. The van der Waals surface area contributed by atoms with Gasteiger partial charge in [0.25, 0.3) is 0 Å². The molecule has 1 aromatic heterocycles. The molecule has 6 heteroatoms. The third-order valence-corrected chi connectivity index (χ3v) is 3.89. The van der Waals surface area contributed by atoms with E-state index in [1.165, 1.54) is 5.69 Å². The summed E-state index contributed by atoms with van der Waals surface area (Å²) < 4.78 is 1.67. The van der Waals surface area contributed by atoms with E-state index in [1.807, 2.05) is 38.2 Å². The van der Waals surface area contributed by atoms with Crippen LogP contribution in [0.5, 0.6) is 0 Å². The fourth-order valence-corrected chi connectivity index (χ4v) is 2.82. The minimum absolute atomic E-state index is 0.162. The topological polar surface area (TPSA) is 62.2 Å². The van der Waals surface area contributed by atoms with Crippen LogP contribution in [0.15, 0.2) is 36.4 Å². The standard InChI is InChI=1S/C16H21N5O/c1-12-10-15(20(2)19-12)18-16(22)17-13-8-9-21(11-13)14-6-4-3-5-7-14/h3-7,10,13H,8-9,11H2,1-2H3,(H2,17,18,22)/t13-/m1/s1. The lowest BCUT2D eigenvalue weighted by molar-refractivity contribution is 0.249. The number of hydrogen-bond acceptors (Lipinski definition) is 3. The molecule has 0 unspecified atom stereocenters. The van der Waals surface area contributed by atoms with Crippen molar-refractivity contribution in [1.82, 2.24) is 15.1 Å². The number of hydrogen-bond donors (Lipinski definition) is 2. The first-order valence-electron chi connectivity index (χ1n) is 7.50. The number of aromatic nitrogens is 2. The number of carbonyl (C=O) groups is 1. The molecular formula is C16H21N5O. The summed E-state index contributed by atoms with van der Waals surface area (Å²) in [4.78, 5) is 14.4. The van der Waals surface area contributed by atoms with Crippen LogP contribution in [0.2, 0.25) is 0 Å². The van der Waals surface area contributed by atoms with E-state index in [-0.39, 0.29) is 12.1 Å². The summed E-state index contributed by atoms with van der Waals surface area (Å²) >= 11 is 0. The highest BCUT2D eigenvalue weighted by Crippen LogP contribution is 2.19. The summed E-state index contributed by atoms with van der Waals surface area (Å²) in [5.41, 5.74) is 2.09. The molecule has 1 atom stereocenters. The molecule has 0 aliphatic carbocycles. The first-order chi connectivity index (χ1) is 10.6. The maximum atomic E-state index is 12.1. The average molecular weight is 299 g/mol. The van der Waals surface area contributed by atoms with Crippen molar-refractivity contribution in [3.05, 3.63) is 42.1 Å². The van der Waals surface area contributed by atoms with Gasteiger partial charge in [0.2, 0.25) is 0 Å². The quantitative estimate of drug-likeness (QED) is 0.912. The largest absolute Gasteiger partial charge is 0.369 e. The van der Waals surface area contributed by atoms with Crippen LogP contribution in [0.3, 0.4) is 0 Å². The van der Waals surface area contributed by atoms with Crippen LogP contribution in [0, 0.1) is 6.92 Å². The molecule has 1 aromatic carbocycles. The van der Waals surface area contributed by atoms with E-state index < -0.39 is 0 Å². The lowest BCUT2D eigenvalue weighted by Gasteiger charge is -2.19. The van der Waals surface area contributed by atoms with Crippen LogP contribution >= 0.6 is 0 Å². The van der Waals surface area contributed by atoms with Gasteiger partial charge in [-0.05, 0) is 25.5 Å². The Morgan fingerprint density at radius 1 is 1.32 bits per heavy atom. The van der Waals surface area contributed by atoms with Gasteiger partial charge in [0.05, 0.1) is 5.69 Å². The van der Waals surface area contributed by atoms with Gasteiger partial charge in [-0.15, -0.1) is 0 Å². The number of urea groups is 1. The molecule has 2 aromatic rings. The first kappa shape index (κ1) is 14.4. The Labute approximate surface area is 130 Å². The molecular weight excluding hydrogens is 278 g/mol. The van der Waals surface area contributed by atoms with Gasteiger partial charge in [0, 0.05) is 37.9 Å². The summed E-state index contributed by atoms with van der Waals surface area (Å²) in [5.74, 6) is 0.702. The van der Waals surface area contributed by atoms with Crippen molar-refractivity contribution in [2.24, 2.45) is 7.05 Å². The zero-order valence-electron chi connectivity index (χ0n) is 12.9. The molecule has 0 radical (unpaired) electrons. The highest BCUT2D eigenvalue weighted by molar-refractivity contribution is 5.88. The second-order valence-corrected chi connectivity index (χ2v) is 5.66. The van der Waals surface area contributed by atoms with Crippen LogP contribution < -0.4 is 15.5 Å². The van der Waals surface area contributed by atoms with Crippen molar-refractivity contribution in [3.8, 4) is 0 Å². The molecule has 1 aliphatic heterocycles. The van der Waals surface area contributed by atoms with Crippen LogP contribution in [-0.2, 0) is 7.05 Å². The highest BCUT2D eigenvalue weighted by Gasteiger charge is 2.24. The smallest absolute Gasteiger partial charge is 0.320 e. The first-order valence-corrected chi connectivity index (χ1v) is 7.50. The maximum Gasteiger partial charge on any atom is 0.320 e. The van der Waals surface area contributed by atoms with Crippen LogP contribution in [-0.4, -0.2) is 34.9 Å². The summed E-state index contributed by atoms with van der Waals surface area (Å²) in [6.07, 6.45) is 0.951. The number of aryl methyl sites for hydroxylation is 2.